The highest BCUT2D eigenvalue weighted by Gasteiger charge is 2.09. The van der Waals surface area contributed by atoms with E-state index in [2.05, 4.69) is 26.1 Å². The number of rotatable bonds is 5. The molecule has 0 aliphatic heterocycles. The van der Waals surface area contributed by atoms with E-state index in [9.17, 15) is 4.39 Å². The first kappa shape index (κ1) is 15.5. The van der Waals surface area contributed by atoms with Gasteiger partial charge < -0.3 is 5.32 Å². The molecule has 0 spiro atoms. The predicted octanol–water partition coefficient (Wildman–Crippen LogP) is 4.06. The van der Waals surface area contributed by atoms with E-state index in [4.69, 9.17) is 0 Å². The Morgan fingerprint density at radius 3 is 2.22 bits per heavy atom. The van der Waals surface area contributed by atoms with E-state index in [1.807, 2.05) is 37.7 Å². The Bertz CT molecular complexity index is 373. The molecule has 0 aliphatic carbocycles. The zero-order chi connectivity index (χ0) is 13.8. The maximum Gasteiger partial charge on any atom is 0.129 e. The van der Waals surface area contributed by atoms with Crippen LogP contribution in [0.3, 0.4) is 0 Å². The Kier molecular flexibility index (Phi) is 5.67. The van der Waals surface area contributed by atoms with Gasteiger partial charge in [-0.15, -0.1) is 0 Å². The molecule has 0 saturated carbocycles. The van der Waals surface area contributed by atoms with Crippen molar-refractivity contribution >= 4 is 11.8 Å². The quantitative estimate of drug-likeness (QED) is 0.809. The second-order valence-corrected chi connectivity index (χ2v) is 7.60. The summed E-state index contributed by atoms with van der Waals surface area (Å²) in [4.78, 5) is 0. The van der Waals surface area contributed by atoms with Crippen LogP contribution in [-0.2, 0) is 6.54 Å². The standard InChI is InChI=1S/C15H24FNS/c1-11-8-13(9-12(2)14(11)16)10-17-6-7-18-15(3,4)5/h8-9,17H,6-7,10H2,1-5H3. The number of nitrogens with one attached hydrogen (secondary N) is 1. The third kappa shape index (κ3) is 5.40. The van der Waals surface area contributed by atoms with Crippen LogP contribution in [0.25, 0.3) is 0 Å². The fraction of sp³-hybridized carbons (Fsp3) is 0.600. The normalized spacial score (nSPS) is 11.9. The molecule has 0 heterocycles. The third-order valence-corrected chi connectivity index (χ3v) is 3.91. The fourth-order valence-corrected chi connectivity index (χ4v) is 2.66. The van der Waals surface area contributed by atoms with Crippen molar-refractivity contribution in [2.45, 2.75) is 45.9 Å². The van der Waals surface area contributed by atoms with E-state index < -0.39 is 0 Å². The summed E-state index contributed by atoms with van der Waals surface area (Å²) in [7, 11) is 0. The summed E-state index contributed by atoms with van der Waals surface area (Å²) in [5.74, 6) is 1.02. The lowest BCUT2D eigenvalue weighted by atomic mass is 10.1. The van der Waals surface area contributed by atoms with Crippen molar-refractivity contribution in [1.82, 2.24) is 5.32 Å². The molecule has 0 radical (unpaired) electrons. The molecule has 0 aliphatic rings. The maximum atomic E-state index is 13.5. The Hall–Kier alpha value is -0.540. The average Bonchev–Trinajstić information content (AvgIpc) is 2.23. The van der Waals surface area contributed by atoms with Gasteiger partial charge in [-0.05, 0) is 30.5 Å². The topological polar surface area (TPSA) is 12.0 Å². The molecule has 3 heteroatoms. The van der Waals surface area contributed by atoms with Crippen molar-refractivity contribution in [2.24, 2.45) is 0 Å². The van der Waals surface area contributed by atoms with E-state index in [0.29, 0.717) is 4.75 Å². The molecule has 102 valence electrons. The van der Waals surface area contributed by atoms with Gasteiger partial charge in [-0.2, -0.15) is 11.8 Å². The van der Waals surface area contributed by atoms with Crippen LogP contribution < -0.4 is 5.32 Å². The number of halogens is 1. The van der Waals surface area contributed by atoms with Gasteiger partial charge in [0.05, 0.1) is 0 Å². The van der Waals surface area contributed by atoms with Gasteiger partial charge in [-0.25, -0.2) is 4.39 Å². The first-order chi connectivity index (χ1) is 8.29. The van der Waals surface area contributed by atoms with Gasteiger partial charge in [0, 0.05) is 23.6 Å². The number of aryl methyl sites for hydroxylation is 2. The summed E-state index contributed by atoms with van der Waals surface area (Å²) in [6.07, 6.45) is 0. The molecule has 0 bridgehead atoms. The van der Waals surface area contributed by atoms with Crippen molar-refractivity contribution in [3.8, 4) is 0 Å². The van der Waals surface area contributed by atoms with Gasteiger partial charge in [0.1, 0.15) is 5.82 Å². The summed E-state index contributed by atoms with van der Waals surface area (Å²) < 4.78 is 13.8. The molecule has 18 heavy (non-hydrogen) atoms. The number of thioether (sulfide) groups is 1. The predicted molar refractivity (Wildman–Crippen MR) is 79.8 cm³/mol. The number of benzene rings is 1. The molecular weight excluding hydrogens is 245 g/mol. The number of hydrogen-bond acceptors (Lipinski definition) is 2. The molecule has 1 aromatic rings. The molecule has 1 N–H and O–H groups in total. The van der Waals surface area contributed by atoms with Crippen molar-refractivity contribution in [3.05, 3.63) is 34.6 Å². The van der Waals surface area contributed by atoms with Crippen LogP contribution in [0.1, 0.15) is 37.5 Å². The monoisotopic (exact) mass is 269 g/mol. The second-order valence-electron chi connectivity index (χ2n) is 5.68. The molecule has 1 aromatic carbocycles. The maximum absolute atomic E-state index is 13.5. The molecule has 0 amide bonds. The van der Waals surface area contributed by atoms with Crippen LogP contribution in [0.15, 0.2) is 12.1 Å². The van der Waals surface area contributed by atoms with E-state index in [-0.39, 0.29) is 5.82 Å². The SMILES string of the molecule is Cc1cc(CNCCSC(C)(C)C)cc(C)c1F. The molecule has 0 fully saturated rings. The van der Waals surface area contributed by atoms with E-state index >= 15 is 0 Å². The molecule has 0 aromatic heterocycles. The molecule has 1 rings (SSSR count). The minimum absolute atomic E-state index is 0.0814. The summed E-state index contributed by atoms with van der Waals surface area (Å²) in [6.45, 7) is 12.1. The van der Waals surface area contributed by atoms with E-state index in [1.54, 1.807) is 0 Å². The van der Waals surface area contributed by atoms with Gasteiger partial charge in [0.15, 0.2) is 0 Å². The summed E-state index contributed by atoms with van der Waals surface area (Å²) in [5.41, 5.74) is 2.62. The Balaban J connectivity index is 2.36. The van der Waals surface area contributed by atoms with E-state index in [0.717, 1.165) is 35.5 Å². The largest absolute Gasteiger partial charge is 0.312 e. The molecule has 1 nitrogen and oxygen atoms in total. The van der Waals surface area contributed by atoms with Crippen LogP contribution >= 0.6 is 11.8 Å². The van der Waals surface area contributed by atoms with E-state index in [1.165, 1.54) is 0 Å². The van der Waals surface area contributed by atoms with Crippen molar-refractivity contribution < 1.29 is 4.39 Å². The Morgan fingerprint density at radius 1 is 1.17 bits per heavy atom. The Labute approximate surface area is 115 Å². The van der Waals surface area contributed by atoms with Crippen LogP contribution in [0.5, 0.6) is 0 Å². The Morgan fingerprint density at radius 2 is 1.72 bits per heavy atom. The van der Waals surface area contributed by atoms with Crippen LogP contribution in [0, 0.1) is 19.7 Å². The molecular formula is C15H24FNS. The average molecular weight is 269 g/mol. The van der Waals surface area contributed by atoms with Crippen LogP contribution in [0.2, 0.25) is 0 Å². The zero-order valence-electron chi connectivity index (χ0n) is 12.1. The van der Waals surface area contributed by atoms with Gasteiger partial charge in [0.25, 0.3) is 0 Å². The molecule has 0 atom stereocenters. The summed E-state index contributed by atoms with van der Waals surface area (Å²) in [6, 6.07) is 3.85. The highest BCUT2D eigenvalue weighted by atomic mass is 32.2. The highest BCUT2D eigenvalue weighted by molar-refractivity contribution is 8.00. The van der Waals surface area contributed by atoms with Crippen LogP contribution in [0.4, 0.5) is 4.39 Å². The smallest absolute Gasteiger partial charge is 0.129 e. The minimum Gasteiger partial charge on any atom is -0.312 e. The van der Waals surface area contributed by atoms with Crippen molar-refractivity contribution in [2.75, 3.05) is 12.3 Å². The molecule has 0 unspecified atom stereocenters. The van der Waals surface area contributed by atoms with Crippen molar-refractivity contribution in [3.63, 3.8) is 0 Å². The van der Waals surface area contributed by atoms with Crippen LogP contribution in [-0.4, -0.2) is 17.0 Å². The van der Waals surface area contributed by atoms with Gasteiger partial charge >= 0.3 is 0 Å². The van der Waals surface area contributed by atoms with Gasteiger partial charge in [0.2, 0.25) is 0 Å². The van der Waals surface area contributed by atoms with Crippen molar-refractivity contribution in [1.29, 1.82) is 0 Å². The fourth-order valence-electron chi connectivity index (χ4n) is 1.80. The first-order valence-corrected chi connectivity index (χ1v) is 7.38. The van der Waals surface area contributed by atoms with Gasteiger partial charge in [-0.1, -0.05) is 32.9 Å². The summed E-state index contributed by atoms with van der Waals surface area (Å²) in [5, 5.41) is 3.40. The zero-order valence-corrected chi connectivity index (χ0v) is 12.9. The lowest BCUT2D eigenvalue weighted by Crippen LogP contribution is -2.19. The number of hydrogen-bond donors (Lipinski definition) is 1. The summed E-state index contributed by atoms with van der Waals surface area (Å²) >= 11 is 1.95. The first-order valence-electron chi connectivity index (χ1n) is 6.40. The lowest BCUT2D eigenvalue weighted by Gasteiger charge is -2.17. The lowest BCUT2D eigenvalue weighted by molar-refractivity contribution is 0.606. The highest BCUT2D eigenvalue weighted by Crippen LogP contribution is 2.22. The second kappa shape index (κ2) is 6.58. The van der Waals surface area contributed by atoms with Gasteiger partial charge in [-0.3, -0.25) is 0 Å². The third-order valence-electron chi connectivity index (χ3n) is 2.64. The molecule has 0 saturated heterocycles. The minimum atomic E-state index is -0.0814.